The standard InChI is InChI=1S/C13H13N5O/c1-2-14-8-11-17-13(19-18-11)9-4-3-5-10-12(9)16-7-6-15-10/h3-7,14H,2,8H2,1H3. The molecule has 19 heavy (non-hydrogen) atoms. The fraction of sp³-hybridized carbons (Fsp3) is 0.231. The maximum Gasteiger partial charge on any atom is 0.260 e. The third kappa shape index (κ3) is 2.30. The summed E-state index contributed by atoms with van der Waals surface area (Å²) in [7, 11) is 0. The zero-order chi connectivity index (χ0) is 13.1. The van der Waals surface area contributed by atoms with Gasteiger partial charge in [0.05, 0.1) is 17.6 Å². The molecule has 3 rings (SSSR count). The molecule has 0 radical (unpaired) electrons. The zero-order valence-corrected chi connectivity index (χ0v) is 10.5. The predicted octanol–water partition coefficient (Wildman–Crippen LogP) is 1.79. The molecule has 0 saturated carbocycles. The van der Waals surface area contributed by atoms with Crippen molar-refractivity contribution in [2.24, 2.45) is 0 Å². The van der Waals surface area contributed by atoms with Crippen molar-refractivity contribution in [3.63, 3.8) is 0 Å². The monoisotopic (exact) mass is 255 g/mol. The van der Waals surface area contributed by atoms with Crippen LogP contribution < -0.4 is 5.32 Å². The van der Waals surface area contributed by atoms with E-state index in [1.165, 1.54) is 0 Å². The van der Waals surface area contributed by atoms with Crippen LogP contribution in [-0.2, 0) is 6.54 Å². The van der Waals surface area contributed by atoms with E-state index in [4.69, 9.17) is 4.52 Å². The lowest BCUT2D eigenvalue weighted by atomic mass is 10.2. The number of nitrogens with one attached hydrogen (secondary N) is 1. The Labute approximate surface area is 109 Å². The van der Waals surface area contributed by atoms with Crippen molar-refractivity contribution >= 4 is 11.0 Å². The molecule has 2 heterocycles. The number of hydrogen-bond donors (Lipinski definition) is 1. The first-order chi connectivity index (χ1) is 9.38. The topological polar surface area (TPSA) is 76.7 Å². The molecule has 96 valence electrons. The minimum atomic E-state index is 0.471. The first-order valence-electron chi connectivity index (χ1n) is 6.12. The number of aromatic nitrogens is 4. The van der Waals surface area contributed by atoms with Gasteiger partial charge in [0.2, 0.25) is 0 Å². The minimum Gasteiger partial charge on any atom is -0.334 e. The van der Waals surface area contributed by atoms with Crippen molar-refractivity contribution in [1.29, 1.82) is 0 Å². The quantitative estimate of drug-likeness (QED) is 0.765. The Balaban J connectivity index is 2.02. The van der Waals surface area contributed by atoms with E-state index in [1.807, 2.05) is 25.1 Å². The minimum absolute atomic E-state index is 0.471. The zero-order valence-electron chi connectivity index (χ0n) is 10.5. The molecule has 0 atom stereocenters. The molecule has 0 spiro atoms. The highest BCUT2D eigenvalue weighted by Gasteiger charge is 2.12. The van der Waals surface area contributed by atoms with Crippen molar-refractivity contribution in [3.05, 3.63) is 36.4 Å². The number of fused-ring (bicyclic) bond motifs is 1. The highest BCUT2D eigenvalue weighted by atomic mass is 16.5. The van der Waals surface area contributed by atoms with Gasteiger partial charge in [-0.1, -0.05) is 18.1 Å². The van der Waals surface area contributed by atoms with E-state index in [0.29, 0.717) is 18.3 Å². The molecule has 0 bridgehead atoms. The summed E-state index contributed by atoms with van der Waals surface area (Å²) in [6, 6.07) is 5.71. The van der Waals surface area contributed by atoms with Gasteiger partial charge in [0.15, 0.2) is 5.82 Å². The average molecular weight is 255 g/mol. The molecule has 0 aliphatic carbocycles. The Bertz CT molecular complexity index is 689. The van der Waals surface area contributed by atoms with E-state index < -0.39 is 0 Å². The molecule has 0 aliphatic heterocycles. The number of benzene rings is 1. The van der Waals surface area contributed by atoms with Crippen LogP contribution in [0.25, 0.3) is 22.5 Å². The third-order valence-corrected chi connectivity index (χ3v) is 2.73. The van der Waals surface area contributed by atoms with Crippen molar-refractivity contribution in [2.75, 3.05) is 6.54 Å². The summed E-state index contributed by atoms with van der Waals surface area (Å²) in [5.41, 5.74) is 2.39. The smallest absolute Gasteiger partial charge is 0.260 e. The lowest BCUT2D eigenvalue weighted by molar-refractivity contribution is 0.420. The first kappa shape index (κ1) is 11.7. The van der Waals surface area contributed by atoms with Crippen molar-refractivity contribution < 1.29 is 4.52 Å². The molecule has 0 unspecified atom stereocenters. The van der Waals surface area contributed by atoms with Gasteiger partial charge in [-0.15, -0.1) is 0 Å². The summed E-state index contributed by atoms with van der Waals surface area (Å²) >= 11 is 0. The van der Waals surface area contributed by atoms with Crippen LogP contribution in [-0.4, -0.2) is 26.7 Å². The Morgan fingerprint density at radius 2 is 2.11 bits per heavy atom. The SMILES string of the molecule is CCNCc1noc(-c2cccc3nccnc23)n1. The van der Waals surface area contributed by atoms with Crippen LogP contribution in [0.5, 0.6) is 0 Å². The summed E-state index contributed by atoms with van der Waals surface area (Å²) in [6.45, 7) is 3.49. The molecule has 0 saturated heterocycles. The molecule has 3 aromatic rings. The molecule has 2 aromatic heterocycles. The highest BCUT2D eigenvalue weighted by Crippen LogP contribution is 2.24. The number of rotatable bonds is 4. The second kappa shape index (κ2) is 5.11. The molecule has 0 fully saturated rings. The van der Waals surface area contributed by atoms with Gasteiger partial charge in [-0.2, -0.15) is 4.98 Å². The van der Waals surface area contributed by atoms with E-state index in [-0.39, 0.29) is 0 Å². The molecule has 0 amide bonds. The van der Waals surface area contributed by atoms with Crippen LogP contribution in [0.1, 0.15) is 12.7 Å². The van der Waals surface area contributed by atoms with Gasteiger partial charge >= 0.3 is 0 Å². The molecule has 1 aromatic carbocycles. The van der Waals surface area contributed by atoms with E-state index in [9.17, 15) is 0 Å². The summed E-state index contributed by atoms with van der Waals surface area (Å²) in [5.74, 6) is 1.11. The summed E-state index contributed by atoms with van der Waals surface area (Å²) in [5, 5.41) is 7.09. The molecular formula is C13H13N5O. The third-order valence-electron chi connectivity index (χ3n) is 2.73. The van der Waals surface area contributed by atoms with Crippen molar-refractivity contribution in [2.45, 2.75) is 13.5 Å². The molecule has 6 heteroatoms. The Kier molecular flexibility index (Phi) is 3.16. The van der Waals surface area contributed by atoms with Gasteiger partial charge in [0, 0.05) is 12.4 Å². The van der Waals surface area contributed by atoms with Crippen LogP contribution in [0.2, 0.25) is 0 Å². The fourth-order valence-corrected chi connectivity index (χ4v) is 1.84. The maximum atomic E-state index is 5.29. The van der Waals surface area contributed by atoms with Crippen LogP contribution in [0.4, 0.5) is 0 Å². The molecule has 1 N–H and O–H groups in total. The van der Waals surface area contributed by atoms with E-state index in [0.717, 1.165) is 23.1 Å². The van der Waals surface area contributed by atoms with E-state index >= 15 is 0 Å². The molecule has 0 aliphatic rings. The normalized spacial score (nSPS) is 11.0. The highest BCUT2D eigenvalue weighted by molar-refractivity contribution is 5.88. The van der Waals surface area contributed by atoms with Crippen molar-refractivity contribution in [3.8, 4) is 11.5 Å². The second-order valence-electron chi connectivity index (χ2n) is 4.03. The van der Waals surface area contributed by atoms with Gasteiger partial charge in [-0.3, -0.25) is 9.97 Å². The Hall–Kier alpha value is -2.34. The van der Waals surface area contributed by atoms with Crippen molar-refractivity contribution in [1.82, 2.24) is 25.4 Å². The van der Waals surface area contributed by atoms with Gasteiger partial charge in [-0.25, -0.2) is 0 Å². The van der Waals surface area contributed by atoms with Gasteiger partial charge in [0.1, 0.15) is 5.52 Å². The predicted molar refractivity (Wildman–Crippen MR) is 70.2 cm³/mol. The van der Waals surface area contributed by atoms with Crippen LogP contribution in [0.15, 0.2) is 35.1 Å². The number of para-hydroxylation sites is 1. The van der Waals surface area contributed by atoms with Gasteiger partial charge in [-0.05, 0) is 18.7 Å². The van der Waals surface area contributed by atoms with Gasteiger partial charge < -0.3 is 9.84 Å². The van der Waals surface area contributed by atoms with Crippen LogP contribution in [0, 0.1) is 0 Å². The Morgan fingerprint density at radius 1 is 1.21 bits per heavy atom. The Morgan fingerprint density at radius 3 is 3.00 bits per heavy atom. The second-order valence-corrected chi connectivity index (χ2v) is 4.03. The summed E-state index contributed by atoms with van der Waals surface area (Å²) in [6.07, 6.45) is 3.32. The first-order valence-corrected chi connectivity index (χ1v) is 6.12. The summed E-state index contributed by atoms with van der Waals surface area (Å²) in [4.78, 5) is 12.9. The molecule has 6 nitrogen and oxygen atoms in total. The maximum absolute atomic E-state index is 5.29. The lowest BCUT2D eigenvalue weighted by Crippen LogP contribution is -2.12. The largest absolute Gasteiger partial charge is 0.334 e. The lowest BCUT2D eigenvalue weighted by Gasteiger charge is -1.99. The number of hydrogen-bond acceptors (Lipinski definition) is 6. The van der Waals surface area contributed by atoms with Gasteiger partial charge in [0.25, 0.3) is 5.89 Å². The van der Waals surface area contributed by atoms with E-state index in [1.54, 1.807) is 12.4 Å². The number of nitrogens with zero attached hydrogens (tertiary/aromatic N) is 4. The van der Waals surface area contributed by atoms with E-state index in [2.05, 4.69) is 25.4 Å². The summed E-state index contributed by atoms with van der Waals surface area (Å²) < 4.78 is 5.29. The average Bonchev–Trinajstić information content (AvgIpc) is 2.93. The molecular weight excluding hydrogens is 242 g/mol. The van der Waals surface area contributed by atoms with Crippen LogP contribution >= 0.6 is 0 Å². The van der Waals surface area contributed by atoms with Crippen LogP contribution in [0.3, 0.4) is 0 Å². The fourth-order valence-electron chi connectivity index (χ4n) is 1.84.